The maximum Gasteiger partial charge on any atom is 0.253 e. The predicted molar refractivity (Wildman–Crippen MR) is 114 cm³/mol. The molecule has 2 aromatic heterocycles. The largest absolute Gasteiger partial charge is 0.467 e. The van der Waals surface area contributed by atoms with Crippen molar-refractivity contribution in [1.82, 2.24) is 4.98 Å². The Hall–Kier alpha value is -3.18. The summed E-state index contributed by atoms with van der Waals surface area (Å²) in [7, 11) is 0. The number of amides is 1. The van der Waals surface area contributed by atoms with Crippen molar-refractivity contribution in [3.05, 3.63) is 89.4 Å². The number of carbonyl (C=O) groups excluding carboxylic acids is 1. The van der Waals surface area contributed by atoms with Gasteiger partial charge in [0.25, 0.3) is 5.91 Å². The van der Waals surface area contributed by atoms with Gasteiger partial charge in [-0.15, -0.1) is 0 Å². The van der Waals surface area contributed by atoms with Gasteiger partial charge in [-0.3, -0.25) is 9.69 Å². The highest BCUT2D eigenvalue weighted by Crippen LogP contribution is 2.33. The molecule has 0 saturated carbocycles. The quantitative estimate of drug-likeness (QED) is 0.409. The summed E-state index contributed by atoms with van der Waals surface area (Å²) in [6, 6.07) is 17.7. The van der Waals surface area contributed by atoms with E-state index in [-0.39, 0.29) is 5.91 Å². The standard InChI is InChI=1S/C23H20N2O2S/c1-16-13-17(2)22-20(14-16)24-23(28-22)25(15-19-9-6-12-27-19)21(26)11-10-18-7-4-3-5-8-18/h3-14H,15H2,1-2H3/b11-10+. The van der Waals surface area contributed by atoms with Gasteiger partial charge in [-0.25, -0.2) is 4.98 Å². The van der Waals surface area contributed by atoms with E-state index < -0.39 is 0 Å². The van der Waals surface area contributed by atoms with Gasteiger partial charge in [0, 0.05) is 6.08 Å². The minimum Gasteiger partial charge on any atom is -0.467 e. The minimum absolute atomic E-state index is 0.131. The molecule has 0 aliphatic carbocycles. The lowest BCUT2D eigenvalue weighted by Crippen LogP contribution is -2.28. The third kappa shape index (κ3) is 3.89. The van der Waals surface area contributed by atoms with Gasteiger partial charge in [-0.2, -0.15) is 0 Å². The molecule has 0 saturated heterocycles. The first-order valence-electron chi connectivity index (χ1n) is 9.05. The average molecular weight is 388 g/mol. The number of rotatable bonds is 5. The lowest BCUT2D eigenvalue weighted by molar-refractivity contribution is -0.114. The zero-order chi connectivity index (χ0) is 19.5. The number of anilines is 1. The molecule has 1 amide bonds. The number of nitrogens with zero attached hydrogens (tertiary/aromatic N) is 2. The number of aromatic nitrogens is 1. The first kappa shape index (κ1) is 18.2. The summed E-state index contributed by atoms with van der Waals surface area (Å²) in [5.74, 6) is 0.585. The fraction of sp³-hybridized carbons (Fsp3) is 0.130. The highest BCUT2D eigenvalue weighted by atomic mass is 32.1. The number of hydrogen-bond donors (Lipinski definition) is 0. The van der Waals surface area contributed by atoms with Gasteiger partial charge in [-0.1, -0.05) is 47.7 Å². The average Bonchev–Trinajstić information content (AvgIpc) is 3.34. The van der Waals surface area contributed by atoms with Crippen LogP contribution in [-0.4, -0.2) is 10.9 Å². The molecule has 4 aromatic rings. The molecular weight excluding hydrogens is 368 g/mol. The molecule has 5 heteroatoms. The van der Waals surface area contributed by atoms with Crippen LogP contribution in [-0.2, 0) is 11.3 Å². The van der Waals surface area contributed by atoms with Crippen molar-refractivity contribution in [3.8, 4) is 0 Å². The summed E-state index contributed by atoms with van der Waals surface area (Å²) in [5.41, 5.74) is 4.23. The molecule has 4 nitrogen and oxygen atoms in total. The zero-order valence-corrected chi connectivity index (χ0v) is 16.6. The first-order chi connectivity index (χ1) is 13.6. The third-order valence-corrected chi connectivity index (χ3v) is 5.65. The lowest BCUT2D eigenvalue weighted by atomic mass is 10.1. The van der Waals surface area contributed by atoms with Gasteiger partial charge in [0.1, 0.15) is 5.76 Å². The number of benzene rings is 2. The van der Waals surface area contributed by atoms with E-state index in [1.54, 1.807) is 17.2 Å². The van der Waals surface area contributed by atoms with Crippen LogP contribution in [0.4, 0.5) is 5.13 Å². The summed E-state index contributed by atoms with van der Waals surface area (Å²) in [4.78, 5) is 19.4. The van der Waals surface area contributed by atoms with E-state index in [1.807, 2.05) is 48.5 Å². The van der Waals surface area contributed by atoms with Gasteiger partial charge >= 0.3 is 0 Å². The van der Waals surface area contributed by atoms with E-state index in [1.165, 1.54) is 16.9 Å². The summed E-state index contributed by atoms with van der Waals surface area (Å²) in [6.07, 6.45) is 5.02. The second-order valence-corrected chi connectivity index (χ2v) is 7.65. The smallest absolute Gasteiger partial charge is 0.253 e. The second-order valence-electron chi connectivity index (χ2n) is 6.67. The summed E-state index contributed by atoms with van der Waals surface area (Å²) >= 11 is 1.53. The Morgan fingerprint density at radius 1 is 1.14 bits per heavy atom. The number of furan rings is 1. The Balaban J connectivity index is 1.70. The van der Waals surface area contributed by atoms with Gasteiger partial charge < -0.3 is 4.42 Å². The highest BCUT2D eigenvalue weighted by Gasteiger charge is 2.20. The van der Waals surface area contributed by atoms with Crippen molar-refractivity contribution in [2.45, 2.75) is 20.4 Å². The molecular formula is C23H20N2O2S. The van der Waals surface area contributed by atoms with Crippen LogP contribution in [0.25, 0.3) is 16.3 Å². The van der Waals surface area contributed by atoms with Crippen LogP contribution < -0.4 is 4.90 Å². The Bertz CT molecular complexity index is 1130. The summed E-state index contributed by atoms with van der Waals surface area (Å²) < 4.78 is 6.58. The Kier molecular flexibility index (Phi) is 5.08. The molecule has 0 atom stereocenters. The number of fused-ring (bicyclic) bond motifs is 1. The zero-order valence-electron chi connectivity index (χ0n) is 15.8. The van der Waals surface area contributed by atoms with Crippen LogP contribution in [0, 0.1) is 13.8 Å². The minimum atomic E-state index is -0.131. The Morgan fingerprint density at radius 2 is 1.96 bits per heavy atom. The monoisotopic (exact) mass is 388 g/mol. The van der Waals surface area contributed by atoms with E-state index in [4.69, 9.17) is 9.40 Å². The van der Waals surface area contributed by atoms with Crippen molar-refractivity contribution in [1.29, 1.82) is 0 Å². The highest BCUT2D eigenvalue weighted by molar-refractivity contribution is 7.22. The van der Waals surface area contributed by atoms with Crippen molar-refractivity contribution in [2.24, 2.45) is 0 Å². The topological polar surface area (TPSA) is 46.3 Å². The second kappa shape index (κ2) is 7.82. The molecule has 0 N–H and O–H groups in total. The van der Waals surface area contributed by atoms with Crippen LogP contribution in [0.2, 0.25) is 0 Å². The summed E-state index contributed by atoms with van der Waals surface area (Å²) in [6.45, 7) is 4.47. The fourth-order valence-electron chi connectivity index (χ4n) is 3.10. The molecule has 0 spiro atoms. The molecule has 28 heavy (non-hydrogen) atoms. The van der Waals surface area contributed by atoms with E-state index in [2.05, 4.69) is 26.0 Å². The Morgan fingerprint density at radius 3 is 2.71 bits per heavy atom. The maximum atomic E-state index is 13.0. The van der Waals surface area contributed by atoms with Crippen LogP contribution in [0.15, 0.2) is 71.4 Å². The molecule has 0 aliphatic rings. The molecule has 2 heterocycles. The molecule has 0 unspecified atom stereocenters. The van der Waals surface area contributed by atoms with Crippen LogP contribution in [0.5, 0.6) is 0 Å². The van der Waals surface area contributed by atoms with E-state index >= 15 is 0 Å². The summed E-state index contributed by atoms with van der Waals surface area (Å²) in [5, 5.41) is 0.669. The molecule has 4 rings (SSSR count). The van der Waals surface area contributed by atoms with Gasteiger partial charge in [0.2, 0.25) is 0 Å². The van der Waals surface area contributed by atoms with Gasteiger partial charge in [0.05, 0.1) is 23.0 Å². The fourth-order valence-corrected chi connectivity index (χ4v) is 4.12. The number of thiazole rings is 1. The van der Waals surface area contributed by atoms with Crippen LogP contribution in [0.3, 0.4) is 0 Å². The van der Waals surface area contributed by atoms with E-state index in [0.717, 1.165) is 21.3 Å². The normalized spacial score (nSPS) is 11.4. The van der Waals surface area contributed by atoms with Crippen molar-refractivity contribution in [2.75, 3.05) is 4.90 Å². The van der Waals surface area contributed by atoms with E-state index in [9.17, 15) is 4.79 Å². The molecule has 2 aromatic carbocycles. The molecule has 0 bridgehead atoms. The lowest BCUT2D eigenvalue weighted by Gasteiger charge is -2.16. The number of carbonyl (C=O) groups is 1. The van der Waals surface area contributed by atoms with Crippen molar-refractivity contribution in [3.63, 3.8) is 0 Å². The third-order valence-electron chi connectivity index (χ3n) is 4.42. The molecule has 140 valence electrons. The van der Waals surface area contributed by atoms with Crippen LogP contribution >= 0.6 is 11.3 Å². The van der Waals surface area contributed by atoms with E-state index in [0.29, 0.717) is 17.4 Å². The van der Waals surface area contributed by atoms with Gasteiger partial charge in [-0.05, 0) is 54.8 Å². The maximum absolute atomic E-state index is 13.0. The van der Waals surface area contributed by atoms with Crippen molar-refractivity contribution >= 4 is 38.7 Å². The Labute approximate surface area is 167 Å². The predicted octanol–water partition coefficient (Wildman–Crippen LogP) is 5.75. The molecule has 0 fully saturated rings. The van der Waals surface area contributed by atoms with Crippen molar-refractivity contribution < 1.29 is 9.21 Å². The number of aryl methyl sites for hydroxylation is 2. The SMILES string of the molecule is Cc1cc(C)c2sc(N(Cc3ccco3)C(=O)/C=C/c3ccccc3)nc2c1. The van der Waals surface area contributed by atoms with Crippen LogP contribution in [0.1, 0.15) is 22.5 Å². The van der Waals surface area contributed by atoms with Gasteiger partial charge in [0.15, 0.2) is 5.13 Å². The number of hydrogen-bond acceptors (Lipinski definition) is 4. The first-order valence-corrected chi connectivity index (χ1v) is 9.86. The molecule has 0 radical (unpaired) electrons. The molecule has 0 aliphatic heterocycles.